The van der Waals surface area contributed by atoms with E-state index >= 15 is 0 Å². The van der Waals surface area contributed by atoms with E-state index in [1.165, 1.54) is 11.4 Å². The second-order valence-electron chi connectivity index (χ2n) is 8.51. The molecule has 3 atom stereocenters. The number of hydrogen-bond acceptors (Lipinski definition) is 7. The molecule has 1 saturated heterocycles. The molecule has 3 unspecified atom stereocenters. The number of alkyl carbamates (subject to hydrolysis) is 1. The number of amides is 1. The minimum atomic E-state index is -3.70. The second-order valence-corrected chi connectivity index (χ2v) is 10.5. The quantitative estimate of drug-likeness (QED) is 0.558. The SMILES string of the molecule is COc1ccc(S(=O)(=O)N(CC(C)C)CC(C)C(C)NC(=O)OC2CCOCOC2)cc1. The van der Waals surface area contributed by atoms with Gasteiger partial charge in [-0.2, -0.15) is 4.31 Å². The first-order valence-electron chi connectivity index (χ1n) is 10.9. The number of hydrogen-bond donors (Lipinski definition) is 1. The lowest BCUT2D eigenvalue weighted by atomic mass is 10.0. The molecule has 1 fully saturated rings. The molecule has 0 aromatic heterocycles. The molecule has 2 rings (SSSR count). The molecule has 1 amide bonds. The third-order valence-corrected chi connectivity index (χ3v) is 7.13. The fourth-order valence-electron chi connectivity index (χ4n) is 3.26. The minimum Gasteiger partial charge on any atom is -0.497 e. The van der Waals surface area contributed by atoms with Gasteiger partial charge in [0.15, 0.2) is 0 Å². The Bertz CT molecular complexity index is 806. The minimum absolute atomic E-state index is 0.140. The number of nitrogens with zero attached hydrogens (tertiary/aromatic N) is 1. The monoisotopic (exact) mass is 472 g/mol. The summed E-state index contributed by atoms with van der Waals surface area (Å²) in [6, 6.07) is 6.05. The molecule has 1 aliphatic rings. The van der Waals surface area contributed by atoms with Crippen LogP contribution < -0.4 is 10.1 Å². The van der Waals surface area contributed by atoms with Crippen molar-refractivity contribution in [2.45, 2.75) is 51.2 Å². The summed E-state index contributed by atoms with van der Waals surface area (Å²) < 4.78 is 49.0. The lowest BCUT2D eigenvalue weighted by Crippen LogP contribution is -2.45. The van der Waals surface area contributed by atoms with Gasteiger partial charge in [0.2, 0.25) is 10.0 Å². The summed E-state index contributed by atoms with van der Waals surface area (Å²) in [5.41, 5.74) is 0. The van der Waals surface area contributed by atoms with Crippen LogP contribution >= 0.6 is 0 Å². The van der Waals surface area contributed by atoms with Gasteiger partial charge in [0, 0.05) is 25.6 Å². The van der Waals surface area contributed by atoms with Gasteiger partial charge in [-0.15, -0.1) is 0 Å². The average Bonchev–Trinajstić information content (AvgIpc) is 3.01. The van der Waals surface area contributed by atoms with Crippen molar-refractivity contribution in [3.8, 4) is 5.75 Å². The maximum Gasteiger partial charge on any atom is 0.407 e. The molecule has 1 aromatic carbocycles. The predicted molar refractivity (Wildman–Crippen MR) is 120 cm³/mol. The Morgan fingerprint density at radius 1 is 1.16 bits per heavy atom. The van der Waals surface area contributed by atoms with Gasteiger partial charge in [0.05, 0.1) is 25.2 Å². The van der Waals surface area contributed by atoms with Crippen LogP contribution in [0.3, 0.4) is 0 Å². The maximum absolute atomic E-state index is 13.3. The molecule has 0 saturated carbocycles. The van der Waals surface area contributed by atoms with E-state index in [0.29, 0.717) is 31.9 Å². The van der Waals surface area contributed by atoms with Crippen LogP contribution in [0.15, 0.2) is 29.2 Å². The van der Waals surface area contributed by atoms with Crippen molar-refractivity contribution in [3.63, 3.8) is 0 Å². The first-order chi connectivity index (χ1) is 15.1. The molecule has 182 valence electrons. The predicted octanol–water partition coefficient (Wildman–Crippen LogP) is 2.86. The van der Waals surface area contributed by atoms with E-state index in [1.807, 2.05) is 27.7 Å². The van der Waals surface area contributed by atoms with Crippen molar-refractivity contribution in [1.82, 2.24) is 9.62 Å². The van der Waals surface area contributed by atoms with Crippen molar-refractivity contribution in [3.05, 3.63) is 24.3 Å². The highest BCUT2D eigenvalue weighted by molar-refractivity contribution is 7.89. The fourth-order valence-corrected chi connectivity index (χ4v) is 4.96. The van der Waals surface area contributed by atoms with Crippen LogP contribution in [-0.2, 0) is 24.2 Å². The first-order valence-corrected chi connectivity index (χ1v) is 12.3. The van der Waals surface area contributed by atoms with Crippen molar-refractivity contribution >= 4 is 16.1 Å². The lowest BCUT2D eigenvalue weighted by Gasteiger charge is -2.30. The first kappa shape index (κ1) is 26.4. The van der Waals surface area contributed by atoms with Crippen LogP contribution in [0.2, 0.25) is 0 Å². The maximum atomic E-state index is 13.3. The summed E-state index contributed by atoms with van der Waals surface area (Å²) in [6.45, 7) is 9.28. The van der Waals surface area contributed by atoms with E-state index in [-0.39, 0.29) is 42.2 Å². The van der Waals surface area contributed by atoms with E-state index in [1.54, 1.807) is 24.3 Å². The molecule has 0 aliphatic carbocycles. The smallest absolute Gasteiger partial charge is 0.407 e. The summed E-state index contributed by atoms with van der Waals surface area (Å²) in [7, 11) is -2.17. The van der Waals surface area contributed by atoms with Gasteiger partial charge in [-0.05, 0) is 43.0 Å². The largest absolute Gasteiger partial charge is 0.497 e. The standard InChI is InChI=1S/C22H36N2O7S/c1-16(2)12-24(32(26,27)21-8-6-19(28-5)7-9-21)13-17(3)18(4)23-22(25)31-20-10-11-29-15-30-14-20/h6-9,16-18,20H,10-15H2,1-5H3,(H,23,25). The van der Waals surface area contributed by atoms with Gasteiger partial charge in [0.25, 0.3) is 0 Å². The average molecular weight is 473 g/mol. The van der Waals surface area contributed by atoms with E-state index in [2.05, 4.69) is 5.32 Å². The topological polar surface area (TPSA) is 103 Å². The Morgan fingerprint density at radius 3 is 2.47 bits per heavy atom. The summed E-state index contributed by atoms with van der Waals surface area (Å²) in [5.74, 6) is 0.582. The normalized spacial score (nSPS) is 19.3. The van der Waals surface area contributed by atoms with Crippen molar-refractivity contribution in [1.29, 1.82) is 0 Å². The highest BCUT2D eigenvalue weighted by atomic mass is 32.2. The molecule has 1 heterocycles. The Hall–Kier alpha value is -1.88. The molecule has 10 heteroatoms. The molecule has 0 bridgehead atoms. The molecule has 32 heavy (non-hydrogen) atoms. The van der Waals surface area contributed by atoms with E-state index in [0.717, 1.165) is 0 Å². The van der Waals surface area contributed by atoms with Crippen LogP contribution in [0.1, 0.15) is 34.1 Å². The highest BCUT2D eigenvalue weighted by Gasteiger charge is 2.29. The van der Waals surface area contributed by atoms with E-state index in [9.17, 15) is 13.2 Å². The molecule has 9 nitrogen and oxygen atoms in total. The van der Waals surface area contributed by atoms with Crippen LogP contribution in [0.4, 0.5) is 4.79 Å². The van der Waals surface area contributed by atoms with Crippen LogP contribution in [-0.4, -0.2) is 71.2 Å². The molecule has 0 spiro atoms. The zero-order valence-electron chi connectivity index (χ0n) is 19.6. The molecule has 1 N–H and O–H groups in total. The van der Waals surface area contributed by atoms with E-state index in [4.69, 9.17) is 18.9 Å². The van der Waals surface area contributed by atoms with Crippen molar-refractivity contribution in [2.24, 2.45) is 11.8 Å². The summed E-state index contributed by atoms with van der Waals surface area (Å²) in [4.78, 5) is 12.5. The van der Waals surface area contributed by atoms with Gasteiger partial charge < -0.3 is 24.3 Å². The Morgan fingerprint density at radius 2 is 1.84 bits per heavy atom. The second kappa shape index (κ2) is 12.4. The summed E-state index contributed by atoms with van der Waals surface area (Å²) >= 11 is 0. The van der Waals surface area contributed by atoms with Crippen LogP contribution in [0, 0.1) is 11.8 Å². The van der Waals surface area contributed by atoms with Crippen molar-refractivity contribution < 1.29 is 32.2 Å². The Kier molecular flexibility index (Phi) is 10.2. The number of sulfonamides is 1. The van der Waals surface area contributed by atoms with Gasteiger partial charge >= 0.3 is 6.09 Å². The third kappa shape index (κ3) is 7.91. The van der Waals surface area contributed by atoms with Crippen LogP contribution in [0.25, 0.3) is 0 Å². The molecule has 0 radical (unpaired) electrons. The molecular formula is C22H36N2O7S. The van der Waals surface area contributed by atoms with Gasteiger partial charge in [-0.3, -0.25) is 0 Å². The van der Waals surface area contributed by atoms with Gasteiger partial charge in [-0.25, -0.2) is 13.2 Å². The fraction of sp³-hybridized carbons (Fsp3) is 0.682. The number of carbonyl (C=O) groups is 1. The van der Waals surface area contributed by atoms with Crippen molar-refractivity contribution in [2.75, 3.05) is 40.2 Å². The number of methoxy groups -OCH3 is 1. The van der Waals surface area contributed by atoms with Gasteiger partial charge in [-0.1, -0.05) is 20.8 Å². The Balaban J connectivity index is 2.02. The zero-order valence-corrected chi connectivity index (χ0v) is 20.4. The molecule has 1 aromatic rings. The number of rotatable bonds is 10. The summed E-state index contributed by atoms with van der Waals surface area (Å²) in [5, 5.41) is 2.82. The lowest BCUT2D eigenvalue weighted by molar-refractivity contribution is -0.0437. The third-order valence-electron chi connectivity index (χ3n) is 5.28. The number of carbonyl (C=O) groups excluding carboxylic acids is 1. The number of benzene rings is 1. The zero-order chi connectivity index (χ0) is 23.7. The highest BCUT2D eigenvalue weighted by Crippen LogP contribution is 2.22. The number of ether oxygens (including phenoxy) is 4. The molecular weight excluding hydrogens is 436 g/mol. The number of nitrogens with one attached hydrogen (secondary N) is 1. The molecule has 1 aliphatic heterocycles. The Labute approximate surface area is 191 Å². The van der Waals surface area contributed by atoms with E-state index < -0.39 is 16.1 Å². The van der Waals surface area contributed by atoms with Gasteiger partial charge in [0.1, 0.15) is 18.6 Å². The van der Waals surface area contributed by atoms with Crippen LogP contribution in [0.5, 0.6) is 5.75 Å². The summed E-state index contributed by atoms with van der Waals surface area (Å²) in [6.07, 6.45) is -0.347.